The molecule has 0 unspecified atom stereocenters. The Kier molecular flexibility index (Phi) is 4.32. The average Bonchev–Trinajstić information content (AvgIpc) is 3.03. The molecule has 1 saturated carbocycles. The third-order valence-corrected chi connectivity index (χ3v) is 7.48. The molecule has 3 rings (SSSR count). The molecule has 2 aliphatic rings. The smallest absolute Gasteiger partial charge is 0.417 e. The normalized spacial score (nSPS) is 27.4. The number of aliphatic carboxylic acids is 1. The molecule has 1 aromatic carbocycles. The number of hydrogen-bond donors (Lipinski definition) is 1. The molecular weight excluding hydrogens is 383 g/mol. The summed E-state index contributed by atoms with van der Waals surface area (Å²) in [4.78, 5) is 10.7. The van der Waals surface area contributed by atoms with Crippen LogP contribution in [0.1, 0.15) is 24.8 Å². The van der Waals surface area contributed by atoms with Gasteiger partial charge in [0.1, 0.15) is 4.90 Å². The zero-order valence-electron chi connectivity index (χ0n) is 12.9. The zero-order valence-corrected chi connectivity index (χ0v) is 14.5. The lowest BCUT2D eigenvalue weighted by Crippen LogP contribution is -2.37. The molecule has 0 bridgehead atoms. The van der Waals surface area contributed by atoms with Gasteiger partial charge in [0.25, 0.3) is 0 Å². The van der Waals surface area contributed by atoms with Crippen LogP contribution in [0.15, 0.2) is 23.1 Å². The van der Waals surface area contributed by atoms with E-state index in [1.54, 1.807) is 0 Å². The van der Waals surface area contributed by atoms with E-state index in [0.29, 0.717) is 25.3 Å². The largest absolute Gasteiger partial charge is 0.481 e. The van der Waals surface area contributed by atoms with Gasteiger partial charge < -0.3 is 5.11 Å². The minimum atomic E-state index is -4.90. The summed E-state index contributed by atoms with van der Waals surface area (Å²) in [6, 6.07) is 2.76. The molecule has 0 aromatic heterocycles. The van der Waals surface area contributed by atoms with Crippen LogP contribution in [0.25, 0.3) is 0 Å². The van der Waals surface area contributed by atoms with Crippen LogP contribution in [0.3, 0.4) is 0 Å². The van der Waals surface area contributed by atoms with Crippen molar-refractivity contribution in [1.82, 2.24) is 4.31 Å². The third-order valence-electron chi connectivity index (χ3n) is 5.14. The number of carboxylic acid groups (broad SMARTS) is 1. The number of carboxylic acids is 1. The number of halogens is 4. The predicted octanol–water partition coefficient (Wildman–Crippen LogP) is 3.23. The highest BCUT2D eigenvalue weighted by Crippen LogP contribution is 2.51. The quantitative estimate of drug-likeness (QED) is 0.849. The van der Waals surface area contributed by atoms with E-state index in [-0.39, 0.29) is 13.1 Å². The van der Waals surface area contributed by atoms with Gasteiger partial charge in [-0.2, -0.15) is 17.5 Å². The van der Waals surface area contributed by atoms with Crippen LogP contribution in [0.5, 0.6) is 0 Å². The Hall–Kier alpha value is -1.32. The van der Waals surface area contributed by atoms with E-state index < -0.39 is 49.0 Å². The van der Waals surface area contributed by atoms with Crippen LogP contribution in [-0.2, 0) is 21.0 Å². The second-order valence-electron chi connectivity index (χ2n) is 6.46. The molecule has 2 fully saturated rings. The summed E-state index contributed by atoms with van der Waals surface area (Å²) in [5.74, 6) is -1.51. The lowest BCUT2D eigenvalue weighted by Gasteiger charge is -2.24. The molecule has 0 spiro atoms. The Labute approximate surface area is 147 Å². The molecule has 5 nitrogen and oxygen atoms in total. The van der Waals surface area contributed by atoms with Crippen LogP contribution in [0.2, 0.25) is 5.02 Å². The average molecular weight is 398 g/mol. The fourth-order valence-electron chi connectivity index (χ4n) is 3.90. The Balaban J connectivity index is 2.07. The van der Waals surface area contributed by atoms with Gasteiger partial charge >= 0.3 is 12.1 Å². The first-order valence-electron chi connectivity index (χ1n) is 7.59. The van der Waals surface area contributed by atoms with E-state index in [0.717, 1.165) is 16.4 Å². The Morgan fingerprint density at radius 3 is 2.60 bits per heavy atom. The maximum absolute atomic E-state index is 13.2. The van der Waals surface area contributed by atoms with Crippen LogP contribution in [0, 0.1) is 11.3 Å². The van der Waals surface area contributed by atoms with Crippen molar-refractivity contribution in [1.29, 1.82) is 0 Å². The van der Waals surface area contributed by atoms with Crippen molar-refractivity contribution in [2.45, 2.75) is 30.3 Å². The highest BCUT2D eigenvalue weighted by Gasteiger charge is 2.58. The minimum absolute atomic E-state index is 0.114. The van der Waals surface area contributed by atoms with Gasteiger partial charge in [0.2, 0.25) is 10.0 Å². The fourth-order valence-corrected chi connectivity index (χ4v) is 6.18. The summed E-state index contributed by atoms with van der Waals surface area (Å²) in [7, 11) is -4.58. The summed E-state index contributed by atoms with van der Waals surface area (Å²) in [5, 5.41) is 9.01. The minimum Gasteiger partial charge on any atom is -0.481 e. The SMILES string of the molecule is O=C(O)[C@@]12CCC[C@H]1CN(S(=O)(=O)c1c(Cl)cccc1C(F)(F)F)C2. The lowest BCUT2D eigenvalue weighted by molar-refractivity contribution is -0.149. The molecule has 1 aromatic rings. The molecule has 0 radical (unpaired) electrons. The van der Waals surface area contributed by atoms with E-state index in [2.05, 4.69) is 0 Å². The molecule has 10 heteroatoms. The van der Waals surface area contributed by atoms with Crippen molar-refractivity contribution in [3.8, 4) is 0 Å². The second kappa shape index (κ2) is 5.85. The molecule has 1 aliphatic heterocycles. The van der Waals surface area contributed by atoms with Gasteiger partial charge in [-0.05, 0) is 30.9 Å². The summed E-state index contributed by atoms with van der Waals surface area (Å²) in [5.41, 5.74) is -2.58. The van der Waals surface area contributed by atoms with Crippen molar-refractivity contribution in [3.63, 3.8) is 0 Å². The molecule has 1 saturated heterocycles. The van der Waals surface area contributed by atoms with Gasteiger partial charge in [-0.25, -0.2) is 8.42 Å². The number of fused-ring (bicyclic) bond motifs is 1. The summed E-state index contributed by atoms with van der Waals surface area (Å²) in [6.07, 6.45) is -3.39. The van der Waals surface area contributed by atoms with Crippen LogP contribution < -0.4 is 0 Å². The summed E-state index contributed by atoms with van der Waals surface area (Å²) in [6.45, 7) is -0.449. The Morgan fingerprint density at radius 1 is 1.36 bits per heavy atom. The zero-order chi connectivity index (χ0) is 18.6. The maximum Gasteiger partial charge on any atom is 0.417 e. The summed E-state index contributed by atoms with van der Waals surface area (Å²) < 4.78 is 66.3. The van der Waals surface area contributed by atoms with E-state index in [1.807, 2.05) is 0 Å². The number of hydrogen-bond acceptors (Lipinski definition) is 3. The van der Waals surface area contributed by atoms with Crippen molar-refractivity contribution >= 4 is 27.6 Å². The molecular formula is C15H15ClF3NO4S. The van der Waals surface area contributed by atoms with E-state index in [9.17, 15) is 31.5 Å². The highest BCUT2D eigenvalue weighted by atomic mass is 35.5. The van der Waals surface area contributed by atoms with Crippen molar-refractivity contribution in [2.75, 3.05) is 13.1 Å². The van der Waals surface area contributed by atoms with E-state index in [1.165, 1.54) is 0 Å². The number of benzene rings is 1. The van der Waals surface area contributed by atoms with Gasteiger partial charge in [0.15, 0.2) is 0 Å². The van der Waals surface area contributed by atoms with Gasteiger partial charge in [0, 0.05) is 13.1 Å². The molecule has 1 heterocycles. The first kappa shape index (κ1) is 18.5. The van der Waals surface area contributed by atoms with Gasteiger partial charge in [-0.3, -0.25) is 4.79 Å². The first-order valence-corrected chi connectivity index (χ1v) is 9.41. The molecule has 0 amide bonds. The lowest BCUT2D eigenvalue weighted by atomic mass is 9.81. The Bertz CT molecular complexity index is 827. The molecule has 25 heavy (non-hydrogen) atoms. The molecule has 1 N–H and O–H groups in total. The van der Waals surface area contributed by atoms with Crippen molar-refractivity contribution in [2.24, 2.45) is 11.3 Å². The molecule has 138 valence electrons. The summed E-state index contributed by atoms with van der Waals surface area (Å²) >= 11 is 5.79. The van der Waals surface area contributed by atoms with Crippen LogP contribution in [-0.4, -0.2) is 36.9 Å². The first-order chi connectivity index (χ1) is 11.5. The topological polar surface area (TPSA) is 74.7 Å². The van der Waals surface area contributed by atoms with Crippen molar-refractivity contribution in [3.05, 3.63) is 28.8 Å². The second-order valence-corrected chi connectivity index (χ2v) is 8.74. The Morgan fingerprint density at radius 2 is 2.04 bits per heavy atom. The van der Waals surface area contributed by atoms with Gasteiger partial charge in [0.05, 0.1) is 16.0 Å². The number of sulfonamides is 1. The molecule has 1 aliphatic carbocycles. The standard InChI is InChI=1S/C15H15ClF3NO4S/c16-11-5-1-4-10(15(17,18)19)12(11)25(23,24)20-7-9-3-2-6-14(9,8-20)13(21)22/h1,4-5,9H,2-3,6-8H2,(H,21,22)/t9-,14+/m0/s1. The van der Waals surface area contributed by atoms with E-state index >= 15 is 0 Å². The third kappa shape index (κ3) is 2.82. The van der Waals surface area contributed by atoms with Crippen LogP contribution in [0.4, 0.5) is 13.2 Å². The fraction of sp³-hybridized carbons (Fsp3) is 0.533. The van der Waals surface area contributed by atoms with Crippen LogP contribution >= 0.6 is 11.6 Å². The number of nitrogens with zero attached hydrogens (tertiary/aromatic N) is 1. The van der Waals surface area contributed by atoms with E-state index in [4.69, 9.17) is 11.6 Å². The predicted molar refractivity (Wildman–Crippen MR) is 82.6 cm³/mol. The number of carbonyl (C=O) groups is 1. The number of alkyl halides is 3. The monoisotopic (exact) mass is 397 g/mol. The van der Waals surface area contributed by atoms with Gasteiger partial charge in [-0.1, -0.05) is 24.1 Å². The van der Waals surface area contributed by atoms with Gasteiger partial charge in [-0.15, -0.1) is 0 Å². The maximum atomic E-state index is 13.2. The highest BCUT2D eigenvalue weighted by molar-refractivity contribution is 7.89. The number of rotatable bonds is 3. The molecule has 2 atom stereocenters. The van der Waals surface area contributed by atoms with Crippen molar-refractivity contribution < 1.29 is 31.5 Å².